The zero-order valence-electron chi connectivity index (χ0n) is 9.08. The third-order valence-electron chi connectivity index (χ3n) is 2.36. The van der Waals surface area contributed by atoms with E-state index >= 15 is 0 Å². The molecule has 0 aliphatic rings. The molecule has 96 valence electrons. The van der Waals surface area contributed by atoms with Crippen molar-refractivity contribution in [2.45, 2.75) is 12.7 Å². The summed E-state index contributed by atoms with van der Waals surface area (Å²) in [4.78, 5) is 0. The molecule has 2 N–H and O–H groups in total. The van der Waals surface area contributed by atoms with Gasteiger partial charge in [0.25, 0.3) is 0 Å². The number of nitrogens with zero attached hydrogens (tertiary/aromatic N) is 2. The number of hydrogen-bond acceptors (Lipinski definition) is 2. The standard InChI is InChI=1S/C11H9F4N3/c12-8-2-1-7(10(3-8)11(13,14)15)5-18-6-9(16)4-17-18/h1-4,6H,5,16H2. The molecule has 2 rings (SSSR count). The van der Waals surface area contributed by atoms with Crippen molar-refractivity contribution in [1.29, 1.82) is 0 Å². The lowest BCUT2D eigenvalue weighted by atomic mass is 10.1. The normalized spacial score (nSPS) is 11.8. The maximum absolute atomic E-state index is 12.9. The number of nitrogen functional groups attached to an aromatic ring is 1. The molecule has 0 atom stereocenters. The van der Waals surface area contributed by atoms with E-state index in [2.05, 4.69) is 5.10 Å². The van der Waals surface area contributed by atoms with Crippen molar-refractivity contribution in [3.8, 4) is 0 Å². The summed E-state index contributed by atoms with van der Waals surface area (Å²) in [6.45, 7) is -0.119. The van der Waals surface area contributed by atoms with Gasteiger partial charge in [0, 0.05) is 6.20 Å². The number of hydrogen-bond donors (Lipinski definition) is 1. The lowest BCUT2D eigenvalue weighted by Gasteiger charge is -2.12. The van der Waals surface area contributed by atoms with Gasteiger partial charge in [-0.15, -0.1) is 0 Å². The molecule has 0 bridgehead atoms. The number of nitrogens with two attached hydrogens (primary N) is 1. The highest BCUT2D eigenvalue weighted by Crippen LogP contribution is 2.32. The molecule has 0 aliphatic carbocycles. The second-order valence-electron chi connectivity index (χ2n) is 3.77. The van der Waals surface area contributed by atoms with Gasteiger partial charge in [0.1, 0.15) is 5.82 Å². The Kier molecular flexibility index (Phi) is 2.98. The van der Waals surface area contributed by atoms with E-state index in [4.69, 9.17) is 5.73 Å². The number of rotatable bonds is 2. The Morgan fingerprint density at radius 1 is 1.28 bits per heavy atom. The minimum atomic E-state index is -4.60. The molecule has 0 amide bonds. The first kappa shape index (κ1) is 12.4. The molecule has 7 heteroatoms. The van der Waals surface area contributed by atoms with Gasteiger partial charge in [-0.25, -0.2) is 4.39 Å². The van der Waals surface area contributed by atoms with Crippen molar-refractivity contribution in [3.63, 3.8) is 0 Å². The van der Waals surface area contributed by atoms with Crippen LogP contribution in [0.4, 0.5) is 23.2 Å². The Balaban J connectivity index is 2.38. The molecule has 0 aliphatic heterocycles. The van der Waals surface area contributed by atoms with Crippen molar-refractivity contribution in [1.82, 2.24) is 9.78 Å². The summed E-state index contributed by atoms with van der Waals surface area (Å²) < 4.78 is 52.3. The summed E-state index contributed by atoms with van der Waals surface area (Å²) in [5.74, 6) is -0.925. The molecule has 18 heavy (non-hydrogen) atoms. The lowest BCUT2D eigenvalue weighted by molar-refractivity contribution is -0.138. The van der Waals surface area contributed by atoms with Crippen molar-refractivity contribution >= 4 is 5.69 Å². The summed E-state index contributed by atoms with van der Waals surface area (Å²) >= 11 is 0. The van der Waals surface area contributed by atoms with E-state index in [1.54, 1.807) is 0 Å². The quantitative estimate of drug-likeness (QED) is 0.842. The van der Waals surface area contributed by atoms with Crippen molar-refractivity contribution in [2.75, 3.05) is 5.73 Å². The molecule has 0 saturated heterocycles. The molecule has 1 aromatic carbocycles. The zero-order chi connectivity index (χ0) is 13.3. The third-order valence-corrected chi connectivity index (χ3v) is 2.36. The van der Waals surface area contributed by atoms with Crippen LogP contribution >= 0.6 is 0 Å². The van der Waals surface area contributed by atoms with E-state index in [1.165, 1.54) is 17.1 Å². The molecule has 0 spiro atoms. The molecule has 1 aromatic heterocycles. The molecular formula is C11H9F4N3. The van der Waals surface area contributed by atoms with Crippen molar-refractivity contribution in [2.24, 2.45) is 0 Å². The number of halogens is 4. The van der Waals surface area contributed by atoms with Crippen LogP contribution in [0.1, 0.15) is 11.1 Å². The lowest BCUT2D eigenvalue weighted by Crippen LogP contribution is -2.12. The van der Waals surface area contributed by atoms with E-state index in [1.807, 2.05) is 0 Å². The van der Waals surface area contributed by atoms with Crippen LogP contribution in [0.3, 0.4) is 0 Å². The van der Waals surface area contributed by atoms with Crippen LogP contribution in [0.15, 0.2) is 30.6 Å². The summed E-state index contributed by atoms with van der Waals surface area (Å²) in [5, 5.41) is 3.79. The van der Waals surface area contributed by atoms with Crippen LogP contribution < -0.4 is 5.73 Å². The Morgan fingerprint density at radius 3 is 2.56 bits per heavy atom. The van der Waals surface area contributed by atoms with E-state index in [-0.39, 0.29) is 12.1 Å². The molecule has 0 fully saturated rings. The van der Waals surface area contributed by atoms with E-state index in [9.17, 15) is 17.6 Å². The van der Waals surface area contributed by atoms with E-state index in [0.717, 1.165) is 12.1 Å². The summed E-state index contributed by atoms with van der Waals surface area (Å²) in [6.07, 6.45) is -1.86. The van der Waals surface area contributed by atoms with Gasteiger partial charge in [0.05, 0.1) is 24.0 Å². The average molecular weight is 259 g/mol. The summed E-state index contributed by atoms with van der Waals surface area (Å²) in [6, 6.07) is 2.55. The van der Waals surface area contributed by atoms with Crippen molar-refractivity contribution in [3.05, 3.63) is 47.5 Å². The minimum Gasteiger partial charge on any atom is -0.396 e. The van der Waals surface area contributed by atoms with Crippen LogP contribution in [0.25, 0.3) is 0 Å². The molecule has 0 radical (unpaired) electrons. The zero-order valence-corrected chi connectivity index (χ0v) is 9.08. The van der Waals surface area contributed by atoms with Gasteiger partial charge in [-0.05, 0) is 17.7 Å². The second-order valence-corrected chi connectivity index (χ2v) is 3.77. The Morgan fingerprint density at radius 2 is 2.00 bits per heavy atom. The van der Waals surface area contributed by atoms with Gasteiger partial charge in [-0.2, -0.15) is 18.3 Å². The first-order valence-corrected chi connectivity index (χ1v) is 5.00. The Bertz CT molecular complexity index is 560. The number of aromatic nitrogens is 2. The van der Waals surface area contributed by atoms with Crippen LogP contribution in [0.5, 0.6) is 0 Å². The SMILES string of the molecule is Nc1cnn(Cc2ccc(F)cc2C(F)(F)F)c1. The highest BCUT2D eigenvalue weighted by Gasteiger charge is 2.33. The van der Waals surface area contributed by atoms with Crippen LogP contribution in [-0.2, 0) is 12.7 Å². The molecular weight excluding hydrogens is 250 g/mol. The molecule has 0 unspecified atom stereocenters. The van der Waals surface area contributed by atoms with Gasteiger partial charge in [0.15, 0.2) is 0 Å². The topological polar surface area (TPSA) is 43.8 Å². The van der Waals surface area contributed by atoms with Crippen molar-refractivity contribution < 1.29 is 17.6 Å². The molecule has 0 saturated carbocycles. The average Bonchev–Trinajstić information content (AvgIpc) is 2.65. The van der Waals surface area contributed by atoms with E-state index < -0.39 is 17.6 Å². The van der Waals surface area contributed by atoms with Crippen LogP contribution in [-0.4, -0.2) is 9.78 Å². The number of benzene rings is 1. The summed E-state index contributed by atoms with van der Waals surface area (Å²) in [5.41, 5.74) is 4.70. The van der Waals surface area contributed by atoms with Gasteiger partial charge >= 0.3 is 6.18 Å². The highest BCUT2D eigenvalue weighted by molar-refractivity contribution is 5.33. The summed E-state index contributed by atoms with van der Waals surface area (Å²) in [7, 11) is 0. The third kappa shape index (κ3) is 2.61. The number of alkyl halides is 3. The van der Waals surface area contributed by atoms with E-state index in [0.29, 0.717) is 11.8 Å². The van der Waals surface area contributed by atoms with Gasteiger partial charge in [-0.3, -0.25) is 4.68 Å². The van der Waals surface area contributed by atoms with Crippen LogP contribution in [0.2, 0.25) is 0 Å². The van der Waals surface area contributed by atoms with Gasteiger partial charge < -0.3 is 5.73 Å². The fourth-order valence-corrected chi connectivity index (χ4v) is 1.59. The largest absolute Gasteiger partial charge is 0.416 e. The number of anilines is 1. The monoisotopic (exact) mass is 259 g/mol. The molecule has 1 heterocycles. The minimum absolute atomic E-state index is 0.0630. The maximum Gasteiger partial charge on any atom is 0.416 e. The maximum atomic E-state index is 12.9. The predicted molar refractivity (Wildman–Crippen MR) is 57.1 cm³/mol. The first-order valence-electron chi connectivity index (χ1n) is 5.00. The smallest absolute Gasteiger partial charge is 0.396 e. The molecule has 2 aromatic rings. The highest BCUT2D eigenvalue weighted by atomic mass is 19.4. The van der Waals surface area contributed by atoms with Gasteiger partial charge in [0.2, 0.25) is 0 Å². The Labute approximate surface area is 99.8 Å². The van der Waals surface area contributed by atoms with Gasteiger partial charge in [-0.1, -0.05) is 6.07 Å². The fraction of sp³-hybridized carbons (Fsp3) is 0.182. The fourth-order valence-electron chi connectivity index (χ4n) is 1.59. The van der Waals surface area contributed by atoms with Crippen LogP contribution in [0, 0.1) is 5.82 Å². The second kappa shape index (κ2) is 4.32. The first-order chi connectivity index (χ1) is 8.36. The molecule has 3 nitrogen and oxygen atoms in total. The Hall–Kier alpha value is -2.05. The predicted octanol–water partition coefficient (Wildman–Crippen LogP) is 2.67.